The normalized spacial score (nSPS) is 9.17. The van der Waals surface area contributed by atoms with E-state index in [1.54, 1.807) is 6.92 Å². The van der Waals surface area contributed by atoms with Gasteiger partial charge in [0.1, 0.15) is 5.69 Å². The molecule has 0 aliphatic heterocycles. The van der Waals surface area contributed by atoms with Crippen molar-refractivity contribution in [3.63, 3.8) is 0 Å². The number of carbonyl (C=O) groups is 1. The first-order chi connectivity index (χ1) is 8.58. The van der Waals surface area contributed by atoms with Gasteiger partial charge in [-0.1, -0.05) is 0 Å². The Bertz CT molecular complexity index is 522. The molecule has 0 fully saturated rings. The van der Waals surface area contributed by atoms with Gasteiger partial charge in [-0.25, -0.2) is 9.59 Å². The number of carbonyl (C=O) groups excluding carboxylic acids is 2. The molecule has 1 N–H and O–H groups in total. The van der Waals surface area contributed by atoms with Crippen LogP contribution in [0.1, 0.15) is 6.92 Å². The Labute approximate surface area is 101 Å². The summed E-state index contributed by atoms with van der Waals surface area (Å²) < 4.78 is 4.60. The molecular weight excluding hydrogens is 242 g/mol. The van der Waals surface area contributed by atoms with Gasteiger partial charge >= 0.3 is 6.09 Å². The highest BCUT2D eigenvalue weighted by Gasteiger charge is 2.17. The van der Waals surface area contributed by atoms with Crippen LogP contribution in [-0.2, 0) is 9.53 Å². The summed E-state index contributed by atoms with van der Waals surface area (Å²) in [4.78, 5) is 34.5. The lowest BCUT2D eigenvalue weighted by atomic mass is 10.2. The van der Waals surface area contributed by atoms with E-state index in [0.717, 1.165) is 6.07 Å². The van der Waals surface area contributed by atoms with E-state index in [4.69, 9.17) is 0 Å². The van der Waals surface area contributed by atoms with Crippen LogP contribution in [0.4, 0.5) is 21.9 Å². The van der Waals surface area contributed by atoms with Crippen LogP contribution in [-0.4, -0.2) is 23.7 Å². The number of benzene rings is 1. The summed E-state index contributed by atoms with van der Waals surface area (Å²) in [6.45, 7) is 1.75. The maximum Gasteiger partial charge on any atom is 0.411 e. The van der Waals surface area contributed by atoms with Crippen LogP contribution in [0.2, 0.25) is 0 Å². The lowest BCUT2D eigenvalue weighted by Gasteiger charge is -2.05. The van der Waals surface area contributed by atoms with E-state index >= 15 is 0 Å². The first kappa shape index (κ1) is 13.3. The molecule has 8 heteroatoms. The Morgan fingerprint density at radius 1 is 1.61 bits per heavy atom. The number of nitro groups is 1. The monoisotopic (exact) mass is 251 g/mol. The smallest absolute Gasteiger partial charge is 0.411 e. The standard InChI is InChI=1S/C10H9N3O5/c1-2-18-10(15)12-8-4-3-7(11-6-14)5-9(8)13(16)17/h3-5H,2H2,1H3,(H,12,15). The molecule has 1 aromatic carbocycles. The van der Waals surface area contributed by atoms with Gasteiger partial charge in [0.25, 0.3) is 5.69 Å². The van der Waals surface area contributed by atoms with Crippen molar-refractivity contribution in [2.45, 2.75) is 6.92 Å². The fourth-order valence-corrected chi connectivity index (χ4v) is 1.18. The number of nitrogens with zero attached hydrogens (tertiary/aromatic N) is 2. The van der Waals surface area contributed by atoms with E-state index in [1.807, 2.05) is 0 Å². The Morgan fingerprint density at radius 3 is 2.89 bits per heavy atom. The van der Waals surface area contributed by atoms with Gasteiger partial charge in [-0.15, -0.1) is 0 Å². The molecule has 0 heterocycles. The third kappa shape index (κ3) is 3.39. The molecule has 18 heavy (non-hydrogen) atoms. The second-order valence-electron chi connectivity index (χ2n) is 3.01. The summed E-state index contributed by atoms with van der Waals surface area (Å²) in [6, 6.07) is 3.64. The van der Waals surface area contributed by atoms with Crippen molar-refractivity contribution in [3.05, 3.63) is 28.3 Å². The van der Waals surface area contributed by atoms with Crippen LogP contribution in [0.3, 0.4) is 0 Å². The zero-order valence-electron chi connectivity index (χ0n) is 9.37. The van der Waals surface area contributed by atoms with E-state index in [1.165, 1.54) is 18.2 Å². The van der Waals surface area contributed by atoms with Gasteiger partial charge in [-0.2, -0.15) is 4.99 Å². The number of rotatable bonds is 4. The topological polar surface area (TPSA) is 111 Å². The summed E-state index contributed by atoms with van der Waals surface area (Å²) in [5, 5.41) is 13.0. The lowest BCUT2D eigenvalue weighted by molar-refractivity contribution is -0.383. The Balaban J connectivity index is 3.07. The quantitative estimate of drug-likeness (QED) is 0.381. The molecule has 8 nitrogen and oxygen atoms in total. The van der Waals surface area contributed by atoms with Crippen LogP contribution in [0.5, 0.6) is 0 Å². The molecule has 0 atom stereocenters. The highest BCUT2D eigenvalue weighted by Crippen LogP contribution is 2.29. The van der Waals surface area contributed by atoms with Crippen molar-refractivity contribution in [3.8, 4) is 0 Å². The molecule has 1 amide bonds. The third-order valence-corrected chi connectivity index (χ3v) is 1.86. The maximum absolute atomic E-state index is 11.2. The van der Waals surface area contributed by atoms with E-state index in [-0.39, 0.29) is 23.7 Å². The minimum absolute atomic E-state index is 0.0386. The second-order valence-corrected chi connectivity index (χ2v) is 3.01. The number of hydrogen-bond acceptors (Lipinski definition) is 6. The largest absolute Gasteiger partial charge is 0.450 e. The third-order valence-electron chi connectivity index (χ3n) is 1.86. The molecule has 0 aromatic heterocycles. The molecule has 0 bridgehead atoms. The summed E-state index contributed by atoms with van der Waals surface area (Å²) in [6.07, 6.45) is 0.472. The number of anilines is 1. The number of nitro benzene ring substituents is 1. The summed E-state index contributed by atoms with van der Waals surface area (Å²) in [7, 11) is 0. The molecule has 0 unspecified atom stereocenters. The summed E-state index contributed by atoms with van der Waals surface area (Å²) in [5.74, 6) is 0. The highest BCUT2D eigenvalue weighted by molar-refractivity contribution is 5.88. The molecular formula is C10H9N3O5. The predicted octanol–water partition coefficient (Wildman–Crippen LogP) is 2.13. The van der Waals surface area contributed by atoms with Crippen molar-refractivity contribution in [2.75, 3.05) is 11.9 Å². The first-order valence-corrected chi connectivity index (χ1v) is 4.88. The zero-order valence-corrected chi connectivity index (χ0v) is 9.37. The lowest BCUT2D eigenvalue weighted by Crippen LogP contribution is -2.14. The molecule has 0 radical (unpaired) electrons. The zero-order chi connectivity index (χ0) is 13.5. The van der Waals surface area contributed by atoms with Crippen molar-refractivity contribution < 1.29 is 19.2 Å². The summed E-state index contributed by atoms with van der Waals surface area (Å²) in [5.41, 5.74) is -0.353. The fourth-order valence-electron chi connectivity index (χ4n) is 1.18. The fraction of sp³-hybridized carbons (Fsp3) is 0.200. The van der Waals surface area contributed by atoms with Crippen molar-refractivity contribution in [2.24, 2.45) is 4.99 Å². The van der Waals surface area contributed by atoms with E-state index in [0.29, 0.717) is 0 Å². The molecule has 1 aromatic rings. The summed E-state index contributed by atoms with van der Waals surface area (Å²) >= 11 is 0. The molecule has 94 valence electrons. The number of amides is 1. The van der Waals surface area contributed by atoms with Gasteiger partial charge in [0.05, 0.1) is 17.2 Å². The second kappa shape index (κ2) is 6.12. The van der Waals surface area contributed by atoms with E-state index < -0.39 is 11.0 Å². The Hall–Kier alpha value is -2.73. The number of isocyanates is 1. The Kier molecular flexibility index (Phi) is 4.53. The number of aliphatic imine (C=N–C) groups is 1. The number of nitrogens with one attached hydrogen (secondary N) is 1. The predicted molar refractivity (Wildman–Crippen MR) is 61.5 cm³/mol. The van der Waals surface area contributed by atoms with Crippen molar-refractivity contribution in [1.29, 1.82) is 0 Å². The van der Waals surface area contributed by atoms with Crippen LogP contribution >= 0.6 is 0 Å². The SMILES string of the molecule is CCOC(=O)Nc1ccc(N=C=O)cc1[N+](=O)[O-]. The molecule has 0 aliphatic rings. The molecule has 0 saturated heterocycles. The van der Waals surface area contributed by atoms with Crippen molar-refractivity contribution >= 4 is 29.2 Å². The van der Waals surface area contributed by atoms with Crippen LogP contribution < -0.4 is 5.32 Å². The van der Waals surface area contributed by atoms with Gasteiger partial charge in [-0.3, -0.25) is 15.4 Å². The molecule has 0 saturated carbocycles. The molecule has 0 aliphatic carbocycles. The number of ether oxygens (including phenoxy) is 1. The minimum Gasteiger partial charge on any atom is -0.450 e. The van der Waals surface area contributed by atoms with Crippen LogP contribution in [0, 0.1) is 10.1 Å². The Morgan fingerprint density at radius 2 is 2.33 bits per heavy atom. The van der Waals surface area contributed by atoms with E-state index in [2.05, 4.69) is 15.0 Å². The average Bonchev–Trinajstić information content (AvgIpc) is 2.31. The molecule has 1 rings (SSSR count). The van der Waals surface area contributed by atoms with Gasteiger partial charge in [0.15, 0.2) is 0 Å². The minimum atomic E-state index is -0.799. The number of hydrogen-bond donors (Lipinski definition) is 1. The van der Waals surface area contributed by atoms with E-state index in [9.17, 15) is 19.7 Å². The van der Waals surface area contributed by atoms with Crippen LogP contribution in [0.15, 0.2) is 23.2 Å². The van der Waals surface area contributed by atoms with Gasteiger partial charge in [0.2, 0.25) is 6.08 Å². The highest BCUT2D eigenvalue weighted by atomic mass is 16.6. The van der Waals surface area contributed by atoms with Crippen molar-refractivity contribution in [1.82, 2.24) is 0 Å². The molecule has 0 spiro atoms. The van der Waals surface area contributed by atoms with Gasteiger partial charge in [-0.05, 0) is 19.1 Å². The average molecular weight is 251 g/mol. The van der Waals surface area contributed by atoms with Gasteiger partial charge in [0, 0.05) is 6.07 Å². The van der Waals surface area contributed by atoms with Gasteiger partial charge < -0.3 is 4.74 Å². The maximum atomic E-state index is 11.2. The first-order valence-electron chi connectivity index (χ1n) is 4.88. The van der Waals surface area contributed by atoms with Crippen LogP contribution in [0.25, 0.3) is 0 Å².